The van der Waals surface area contributed by atoms with Gasteiger partial charge < -0.3 is 0 Å². The number of nitro groups is 1. The largest absolute Gasteiger partial charge is 0.289 e. The van der Waals surface area contributed by atoms with E-state index < -0.39 is 4.92 Å². The van der Waals surface area contributed by atoms with E-state index in [0.717, 1.165) is 0 Å². The molecule has 0 atom stereocenters. The lowest BCUT2D eigenvalue weighted by Gasteiger charge is -2.00. The van der Waals surface area contributed by atoms with Gasteiger partial charge in [0.2, 0.25) is 0 Å². The third kappa shape index (κ3) is 3.68. The minimum absolute atomic E-state index is 0.130. The first-order chi connectivity index (χ1) is 9.99. The van der Waals surface area contributed by atoms with E-state index >= 15 is 0 Å². The van der Waals surface area contributed by atoms with Gasteiger partial charge in [-0.15, -0.1) is 0 Å². The van der Waals surface area contributed by atoms with Gasteiger partial charge in [-0.05, 0) is 23.8 Å². The van der Waals surface area contributed by atoms with E-state index in [0.29, 0.717) is 15.6 Å². The van der Waals surface area contributed by atoms with Gasteiger partial charge in [-0.2, -0.15) is 0 Å². The van der Waals surface area contributed by atoms with E-state index in [9.17, 15) is 14.9 Å². The number of rotatable bonds is 4. The summed E-state index contributed by atoms with van der Waals surface area (Å²) in [7, 11) is 0. The average molecular weight is 322 g/mol. The number of benzene rings is 2. The fraction of sp³-hybridized carbons (Fsp3) is 0. The molecule has 0 saturated heterocycles. The van der Waals surface area contributed by atoms with Crippen LogP contribution < -0.4 is 0 Å². The van der Waals surface area contributed by atoms with Crippen molar-refractivity contribution in [3.63, 3.8) is 0 Å². The first kappa shape index (κ1) is 15.2. The number of non-ortho nitro benzene ring substituents is 1. The lowest BCUT2D eigenvalue weighted by molar-refractivity contribution is -0.384. The molecule has 0 bridgehead atoms. The molecule has 0 aromatic heterocycles. The molecular formula is C15H9Cl2NO3. The van der Waals surface area contributed by atoms with E-state index in [1.807, 2.05) is 0 Å². The fourth-order valence-electron chi connectivity index (χ4n) is 1.68. The Bertz CT molecular complexity index is 741. The Morgan fingerprint density at radius 3 is 2.57 bits per heavy atom. The van der Waals surface area contributed by atoms with Crippen molar-refractivity contribution in [3.05, 3.63) is 79.8 Å². The number of nitro benzene ring substituents is 1. The van der Waals surface area contributed by atoms with Crippen molar-refractivity contribution < 1.29 is 9.72 Å². The van der Waals surface area contributed by atoms with Gasteiger partial charge in [-0.1, -0.05) is 47.5 Å². The molecule has 2 aromatic carbocycles. The number of nitrogens with zero attached hydrogens (tertiary/aromatic N) is 1. The zero-order valence-electron chi connectivity index (χ0n) is 10.6. The van der Waals surface area contributed by atoms with Crippen LogP contribution in [0.2, 0.25) is 10.0 Å². The number of hydrogen-bond donors (Lipinski definition) is 0. The Kier molecular flexibility index (Phi) is 4.73. The summed E-state index contributed by atoms with van der Waals surface area (Å²) in [6.07, 6.45) is 2.83. The van der Waals surface area contributed by atoms with Crippen LogP contribution >= 0.6 is 23.2 Å². The number of allylic oxidation sites excluding steroid dienone is 1. The number of halogens is 2. The van der Waals surface area contributed by atoms with Gasteiger partial charge in [0.05, 0.1) is 15.0 Å². The zero-order valence-corrected chi connectivity index (χ0v) is 12.1. The van der Waals surface area contributed by atoms with Crippen LogP contribution in [0, 0.1) is 10.1 Å². The molecule has 0 aliphatic carbocycles. The van der Waals surface area contributed by atoms with Gasteiger partial charge in [0, 0.05) is 17.7 Å². The van der Waals surface area contributed by atoms with Crippen LogP contribution in [0.1, 0.15) is 15.9 Å². The number of ketones is 1. The zero-order chi connectivity index (χ0) is 15.4. The summed E-state index contributed by atoms with van der Waals surface area (Å²) in [6, 6.07) is 10.6. The molecule has 21 heavy (non-hydrogen) atoms. The maximum absolute atomic E-state index is 12.0. The van der Waals surface area contributed by atoms with Crippen LogP contribution in [-0.4, -0.2) is 10.7 Å². The van der Waals surface area contributed by atoms with Crippen molar-refractivity contribution in [2.45, 2.75) is 0 Å². The summed E-state index contributed by atoms with van der Waals surface area (Å²) >= 11 is 11.9. The monoisotopic (exact) mass is 321 g/mol. The lowest BCUT2D eigenvalue weighted by atomic mass is 10.1. The second-order valence-electron chi connectivity index (χ2n) is 4.15. The summed E-state index contributed by atoms with van der Waals surface area (Å²) in [6.45, 7) is 0. The van der Waals surface area contributed by atoms with Crippen molar-refractivity contribution in [1.82, 2.24) is 0 Å². The van der Waals surface area contributed by atoms with Crippen LogP contribution in [0.3, 0.4) is 0 Å². The van der Waals surface area contributed by atoms with Gasteiger partial charge >= 0.3 is 0 Å². The van der Waals surface area contributed by atoms with E-state index in [4.69, 9.17) is 23.2 Å². The molecule has 0 spiro atoms. The maximum atomic E-state index is 12.0. The van der Waals surface area contributed by atoms with Gasteiger partial charge in [-0.3, -0.25) is 14.9 Å². The maximum Gasteiger partial charge on any atom is 0.270 e. The molecule has 0 heterocycles. The second kappa shape index (κ2) is 6.52. The predicted molar refractivity (Wildman–Crippen MR) is 82.9 cm³/mol. The van der Waals surface area contributed by atoms with Crippen molar-refractivity contribution in [3.8, 4) is 0 Å². The smallest absolute Gasteiger partial charge is 0.270 e. The number of hydrogen-bond acceptors (Lipinski definition) is 3. The highest BCUT2D eigenvalue weighted by Gasteiger charge is 2.09. The Balaban J connectivity index is 2.25. The molecule has 0 aliphatic heterocycles. The summed E-state index contributed by atoms with van der Waals surface area (Å²) < 4.78 is 0. The van der Waals surface area contributed by atoms with Crippen LogP contribution in [0.25, 0.3) is 6.08 Å². The molecule has 0 unspecified atom stereocenters. The number of carbonyl (C=O) groups is 1. The minimum atomic E-state index is -0.547. The highest BCUT2D eigenvalue weighted by atomic mass is 35.5. The van der Waals surface area contributed by atoms with Crippen molar-refractivity contribution >= 4 is 40.7 Å². The van der Waals surface area contributed by atoms with Crippen LogP contribution in [0.5, 0.6) is 0 Å². The summed E-state index contributed by atoms with van der Waals surface area (Å²) in [5.74, 6) is -0.352. The standard InChI is InChI=1S/C15H9Cl2NO3/c16-13-6-2-3-10(15(13)17)7-8-14(19)11-4-1-5-12(9-11)18(20)21/h1-9H/b8-7+. The molecule has 0 fully saturated rings. The number of carbonyl (C=O) groups excluding carboxylic acids is 1. The Morgan fingerprint density at radius 2 is 1.86 bits per heavy atom. The van der Waals surface area contributed by atoms with E-state index in [1.165, 1.54) is 36.4 Å². The molecule has 0 amide bonds. The van der Waals surface area contributed by atoms with Gasteiger partial charge in [0.1, 0.15) is 0 Å². The second-order valence-corrected chi connectivity index (χ2v) is 4.93. The van der Waals surface area contributed by atoms with Crippen molar-refractivity contribution in [2.24, 2.45) is 0 Å². The molecular weight excluding hydrogens is 313 g/mol. The van der Waals surface area contributed by atoms with E-state index in [2.05, 4.69) is 0 Å². The molecule has 0 aliphatic rings. The van der Waals surface area contributed by atoms with Gasteiger partial charge in [0.15, 0.2) is 5.78 Å². The molecule has 0 N–H and O–H groups in total. The fourth-order valence-corrected chi connectivity index (χ4v) is 2.05. The van der Waals surface area contributed by atoms with Crippen LogP contribution in [-0.2, 0) is 0 Å². The SMILES string of the molecule is O=C(/C=C/c1cccc(Cl)c1Cl)c1cccc([N+](=O)[O-])c1. The van der Waals surface area contributed by atoms with E-state index in [-0.39, 0.29) is 17.0 Å². The minimum Gasteiger partial charge on any atom is -0.289 e. The lowest BCUT2D eigenvalue weighted by Crippen LogP contribution is -1.96. The Hall–Kier alpha value is -2.17. The summed E-state index contributed by atoms with van der Waals surface area (Å²) in [4.78, 5) is 22.1. The van der Waals surface area contributed by atoms with Crippen molar-refractivity contribution in [1.29, 1.82) is 0 Å². The molecule has 4 nitrogen and oxygen atoms in total. The van der Waals surface area contributed by atoms with Gasteiger partial charge in [-0.25, -0.2) is 0 Å². The first-order valence-electron chi connectivity index (χ1n) is 5.90. The highest BCUT2D eigenvalue weighted by Crippen LogP contribution is 2.26. The topological polar surface area (TPSA) is 60.2 Å². The van der Waals surface area contributed by atoms with Gasteiger partial charge in [0.25, 0.3) is 5.69 Å². The highest BCUT2D eigenvalue weighted by molar-refractivity contribution is 6.42. The predicted octanol–water partition coefficient (Wildman–Crippen LogP) is 4.80. The average Bonchev–Trinajstić information content (AvgIpc) is 2.48. The van der Waals surface area contributed by atoms with Crippen LogP contribution in [0.4, 0.5) is 5.69 Å². The quantitative estimate of drug-likeness (QED) is 0.352. The Labute approximate surface area is 130 Å². The van der Waals surface area contributed by atoms with E-state index in [1.54, 1.807) is 18.2 Å². The van der Waals surface area contributed by atoms with Crippen molar-refractivity contribution in [2.75, 3.05) is 0 Å². The molecule has 2 aromatic rings. The third-order valence-corrected chi connectivity index (χ3v) is 3.57. The summed E-state index contributed by atoms with van der Waals surface area (Å²) in [5, 5.41) is 11.4. The molecule has 0 radical (unpaired) electrons. The Morgan fingerprint density at radius 1 is 1.14 bits per heavy atom. The molecule has 0 saturated carbocycles. The molecule has 6 heteroatoms. The van der Waals surface area contributed by atoms with Crippen LogP contribution in [0.15, 0.2) is 48.5 Å². The first-order valence-corrected chi connectivity index (χ1v) is 6.65. The summed E-state index contributed by atoms with van der Waals surface area (Å²) in [5.41, 5.74) is 0.705. The molecule has 2 rings (SSSR count). The normalized spacial score (nSPS) is 10.8. The molecule has 106 valence electrons. The third-order valence-electron chi connectivity index (χ3n) is 2.74.